The normalized spacial score (nSPS) is 16.2. The van der Waals surface area contributed by atoms with Gasteiger partial charge in [-0.15, -0.1) is 0 Å². The lowest BCUT2D eigenvalue weighted by Gasteiger charge is -2.33. The zero-order valence-corrected chi connectivity index (χ0v) is 20.7. The molecule has 0 spiro atoms. The maximum absolute atomic E-state index is 12.2. The van der Waals surface area contributed by atoms with E-state index in [1.807, 2.05) is 24.4 Å². The van der Waals surface area contributed by atoms with Gasteiger partial charge in [0.1, 0.15) is 11.2 Å². The summed E-state index contributed by atoms with van der Waals surface area (Å²) in [5.41, 5.74) is 12.5. The molecule has 1 aromatic carbocycles. The van der Waals surface area contributed by atoms with E-state index in [0.29, 0.717) is 22.8 Å². The largest absolute Gasteiger partial charge is 0.398 e. The van der Waals surface area contributed by atoms with Gasteiger partial charge in [-0.25, -0.2) is 4.98 Å². The van der Waals surface area contributed by atoms with Crippen molar-refractivity contribution < 1.29 is 4.79 Å². The van der Waals surface area contributed by atoms with Crippen LogP contribution in [0.1, 0.15) is 24.2 Å². The van der Waals surface area contributed by atoms with E-state index in [9.17, 15) is 4.79 Å². The van der Waals surface area contributed by atoms with Crippen LogP contribution < -0.4 is 16.0 Å². The summed E-state index contributed by atoms with van der Waals surface area (Å²) in [6, 6.07) is 7.44. The number of piperazine rings is 1. The smallest absolute Gasteiger partial charge is 0.227 e. The predicted molar refractivity (Wildman–Crippen MR) is 145 cm³/mol. The first-order valence-corrected chi connectivity index (χ1v) is 12.5. The summed E-state index contributed by atoms with van der Waals surface area (Å²) in [7, 11) is 2.12. The summed E-state index contributed by atoms with van der Waals surface area (Å²) in [5, 5.41) is 11.9. The van der Waals surface area contributed by atoms with Gasteiger partial charge in [0.25, 0.3) is 0 Å². The minimum Gasteiger partial charge on any atom is -0.398 e. The minimum atomic E-state index is 0.0361. The fourth-order valence-electron chi connectivity index (χ4n) is 4.65. The Balaban J connectivity index is 1.30. The summed E-state index contributed by atoms with van der Waals surface area (Å²) >= 11 is 0. The molecule has 2 aliphatic rings. The molecule has 5 N–H and O–H groups in total. The second kappa shape index (κ2) is 9.29. The topological polar surface area (TPSA) is 140 Å². The minimum absolute atomic E-state index is 0.0361. The Morgan fingerprint density at radius 3 is 2.62 bits per heavy atom. The third-order valence-electron chi connectivity index (χ3n) is 7.07. The first-order chi connectivity index (χ1) is 18.0. The summed E-state index contributed by atoms with van der Waals surface area (Å²) in [4.78, 5) is 33.6. The van der Waals surface area contributed by atoms with Crippen molar-refractivity contribution in [2.45, 2.75) is 12.8 Å². The summed E-state index contributed by atoms with van der Waals surface area (Å²) in [6.07, 6.45) is 8.85. The number of nitrogen functional groups attached to an aromatic ring is 1. The van der Waals surface area contributed by atoms with E-state index in [4.69, 9.17) is 16.1 Å². The van der Waals surface area contributed by atoms with Crippen molar-refractivity contribution in [1.29, 1.82) is 5.41 Å². The number of amides is 1. The fourth-order valence-corrected chi connectivity index (χ4v) is 4.65. The molecule has 0 atom stereocenters. The SMILES string of the molecule is CN1CCN(c2cncc3[nH]c(C(=N)c4cc(-c5cncc(NC(=O)C6CC6)c5)ccc4N)nc23)CC1. The van der Waals surface area contributed by atoms with Crippen LogP contribution in [0, 0.1) is 11.3 Å². The third kappa shape index (κ3) is 4.63. The van der Waals surface area contributed by atoms with Crippen molar-refractivity contribution in [1.82, 2.24) is 24.8 Å². The quantitative estimate of drug-likeness (QED) is 0.238. The molecule has 6 rings (SSSR count). The number of likely N-dealkylation sites (N-methyl/N-ethyl adjacent to an activating group) is 1. The molecule has 1 aliphatic heterocycles. The molecule has 0 bridgehead atoms. The molecule has 10 nitrogen and oxygen atoms in total. The highest BCUT2D eigenvalue weighted by Crippen LogP contribution is 2.32. The molecule has 1 saturated heterocycles. The molecule has 1 saturated carbocycles. The first-order valence-electron chi connectivity index (χ1n) is 12.5. The molecular formula is C27H29N9O. The number of hydrogen-bond acceptors (Lipinski definition) is 8. The van der Waals surface area contributed by atoms with Gasteiger partial charge in [0.15, 0.2) is 5.82 Å². The highest BCUT2D eigenvalue weighted by atomic mass is 16.2. The third-order valence-corrected chi connectivity index (χ3v) is 7.07. The van der Waals surface area contributed by atoms with Crippen LogP contribution in [0.2, 0.25) is 0 Å². The fraction of sp³-hybridized carbons (Fsp3) is 0.296. The zero-order valence-electron chi connectivity index (χ0n) is 20.7. The van der Waals surface area contributed by atoms with Crippen molar-refractivity contribution in [2.75, 3.05) is 49.2 Å². The van der Waals surface area contributed by atoms with E-state index in [1.54, 1.807) is 24.7 Å². The molecule has 2 fully saturated rings. The van der Waals surface area contributed by atoms with Crippen molar-refractivity contribution >= 4 is 39.7 Å². The summed E-state index contributed by atoms with van der Waals surface area (Å²) < 4.78 is 0. The number of H-pyrrole nitrogens is 1. The van der Waals surface area contributed by atoms with Crippen LogP contribution in [0.15, 0.2) is 49.1 Å². The van der Waals surface area contributed by atoms with Gasteiger partial charge in [-0.1, -0.05) is 6.07 Å². The van der Waals surface area contributed by atoms with Crippen LogP contribution in [0.5, 0.6) is 0 Å². The number of rotatable bonds is 6. The number of fused-ring (bicyclic) bond motifs is 1. The Morgan fingerprint density at radius 1 is 1.05 bits per heavy atom. The molecule has 1 aliphatic carbocycles. The van der Waals surface area contributed by atoms with Gasteiger partial charge < -0.3 is 25.8 Å². The first kappa shape index (κ1) is 23.1. The van der Waals surface area contributed by atoms with Gasteiger partial charge in [-0.05, 0) is 43.7 Å². The lowest BCUT2D eigenvalue weighted by Crippen LogP contribution is -2.44. The van der Waals surface area contributed by atoms with Crippen LogP contribution in [-0.4, -0.2) is 69.7 Å². The molecule has 188 valence electrons. The van der Waals surface area contributed by atoms with E-state index in [1.165, 1.54) is 0 Å². The van der Waals surface area contributed by atoms with Crippen LogP contribution in [0.4, 0.5) is 17.1 Å². The number of benzene rings is 1. The van der Waals surface area contributed by atoms with Gasteiger partial charge in [-0.3, -0.25) is 20.2 Å². The maximum Gasteiger partial charge on any atom is 0.227 e. The monoisotopic (exact) mass is 495 g/mol. The molecule has 4 aromatic rings. The van der Waals surface area contributed by atoms with Crippen molar-refractivity contribution in [2.24, 2.45) is 5.92 Å². The van der Waals surface area contributed by atoms with Crippen LogP contribution in [-0.2, 0) is 4.79 Å². The number of nitrogens with one attached hydrogen (secondary N) is 3. The molecule has 10 heteroatoms. The van der Waals surface area contributed by atoms with Crippen molar-refractivity contribution in [3.63, 3.8) is 0 Å². The second-order valence-corrected chi connectivity index (χ2v) is 9.83. The van der Waals surface area contributed by atoms with E-state index in [2.05, 4.69) is 37.1 Å². The van der Waals surface area contributed by atoms with Gasteiger partial charge in [0.2, 0.25) is 5.91 Å². The molecule has 37 heavy (non-hydrogen) atoms. The number of nitrogens with two attached hydrogens (primary N) is 1. The zero-order chi connectivity index (χ0) is 25.5. The average molecular weight is 496 g/mol. The number of aromatic nitrogens is 4. The van der Waals surface area contributed by atoms with Gasteiger partial charge in [0, 0.05) is 55.1 Å². The summed E-state index contributed by atoms with van der Waals surface area (Å²) in [5.74, 6) is 0.586. The van der Waals surface area contributed by atoms with E-state index in [0.717, 1.165) is 66.9 Å². The number of carbonyl (C=O) groups excluding carboxylic acids is 1. The number of carbonyl (C=O) groups is 1. The Morgan fingerprint density at radius 2 is 1.84 bits per heavy atom. The number of aromatic amines is 1. The van der Waals surface area contributed by atoms with Gasteiger partial charge in [-0.2, -0.15) is 0 Å². The standard InChI is InChI=1S/C27H29N9O/c1-35-6-8-36(9-7-35)23-15-31-14-22-25(23)34-26(33-22)24(29)20-11-17(4-5-21(20)28)18-10-19(13-30-12-18)32-27(37)16-2-3-16/h4-5,10-16,29H,2-3,6-9,28H2,1H3,(H,32,37)(H,33,34). The molecule has 0 radical (unpaired) electrons. The number of pyridine rings is 2. The Hall–Kier alpha value is -4.31. The summed E-state index contributed by atoms with van der Waals surface area (Å²) in [6.45, 7) is 3.76. The Kier molecular flexibility index (Phi) is 5.80. The molecular weight excluding hydrogens is 466 g/mol. The highest BCUT2D eigenvalue weighted by molar-refractivity contribution is 6.13. The Bertz CT molecular complexity index is 1500. The van der Waals surface area contributed by atoms with Gasteiger partial charge in [0.05, 0.1) is 35.5 Å². The maximum atomic E-state index is 12.2. The predicted octanol–water partition coefficient (Wildman–Crippen LogP) is 3.12. The molecule has 0 unspecified atom stereocenters. The number of hydrogen-bond donors (Lipinski definition) is 4. The lowest BCUT2D eigenvalue weighted by atomic mass is 10.00. The molecule has 3 aromatic heterocycles. The number of nitrogens with zero attached hydrogens (tertiary/aromatic N) is 5. The highest BCUT2D eigenvalue weighted by Gasteiger charge is 2.29. The molecule has 4 heterocycles. The van der Waals surface area contributed by atoms with E-state index >= 15 is 0 Å². The average Bonchev–Trinajstić information content (AvgIpc) is 3.67. The number of anilines is 3. The molecule has 1 amide bonds. The Labute approximate surface area is 214 Å². The van der Waals surface area contributed by atoms with Crippen molar-refractivity contribution in [3.05, 3.63) is 60.4 Å². The lowest BCUT2D eigenvalue weighted by molar-refractivity contribution is -0.117. The number of imidazole rings is 1. The second-order valence-electron chi connectivity index (χ2n) is 9.83. The van der Waals surface area contributed by atoms with E-state index in [-0.39, 0.29) is 17.5 Å². The van der Waals surface area contributed by atoms with Crippen molar-refractivity contribution in [3.8, 4) is 11.1 Å². The van der Waals surface area contributed by atoms with Crippen LogP contribution in [0.25, 0.3) is 22.2 Å². The van der Waals surface area contributed by atoms with Gasteiger partial charge >= 0.3 is 0 Å². The van der Waals surface area contributed by atoms with Crippen LogP contribution in [0.3, 0.4) is 0 Å². The van der Waals surface area contributed by atoms with E-state index < -0.39 is 0 Å². The van der Waals surface area contributed by atoms with Crippen LogP contribution >= 0.6 is 0 Å².